The zero-order valence-electron chi connectivity index (χ0n) is 18.2. The Kier molecular flexibility index (Phi) is 8.91. The van der Waals surface area contributed by atoms with Crippen molar-refractivity contribution in [1.82, 2.24) is 10.2 Å². The van der Waals surface area contributed by atoms with E-state index in [1.165, 1.54) is 5.56 Å². The number of hydrogen-bond acceptors (Lipinski definition) is 2. The second kappa shape index (κ2) is 11.4. The number of aryl methyl sites for hydroxylation is 2. The molecule has 0 bridgehead atoms. The predicted molar refractivity (Wildman–Crippen MR) is 119 cm³/mol. The number of nitrogens with one attached hydrogen (secondary N) is 1. The van der Waals surface area contributed by atoms with E-state index < -0.39 is 6.04 Å². The molecule has 1 atom stereocenters. The maximum Gasteiger partial charge on any atom is 0.242 e. The van der Waals surface area contributed by atoms with E-state index in [-0.39, 0.29) is 11.8 Å². The summed E-state index contributed by atoms with van der Waals surface area (Å²) in [6.45, 7) is 9.20. The first-order valence-corrected chi connectivity index (χ1v) is 10.6. The van der Waals surface area contributed by atoms with Crippen LogP contribution in [0.5, 0.6) is 0 Å². The van der Waals surface area contributed by atoms with Crippen LogP contribution >= 0.6 is 0 Å². The van der Waals surface area contributed by atoms with Crippen molar-refractivity contribution in [2.75, 3.05) is 6.54 Å². The Morgan fingerprint density at radius 3 is 2.31 bits per heavy atom. The van der Waals surface area contributed by atoms with Crippen molar-refractivity contribution in [2.24, 2.45) is 0 Å². The Morgan fingerprint density at radius 2 is 1.69 bits per heavy atom. The van der Waals surface area contributed by atoms with E-state index >= 15 is 0 Å². The fourth-order valence-electron chi connectivity index (χ4n) is 3.39. The molecular formula is C25H34N2O2. The summed E-state index contributed by atoms with van der Waals surface area (Å²) in [6.07, 6.45) is 2.86. The fourth-order valence-corrected chi connectivity index (χ4v) is 3.39. The molecule has 4 heteroatoms. The van der Waals surface area contributed by atoms with Crippen LogP contribution in [0.3, 0.4) is 0 Å². The zero-order chi connectivity index (χ0) is 21.2. The molecule has 2 amide bonds. The van der Waals surface area contributed by atoms with Crippen LogP contribution in [-0.4, -0.2) is 29.3 Å². The summed E-state index contributed by atoms with van der Waals surface area (Å²) in [7, 11) is 0. The largest absolute Gasteiger partial charge is 0.354 e. The standard InChI is InChI=1S/C25H34N2O2/c1-5-7-16-26-25(29)23(6-2)27(18-21-14-12-19(3)13-15-21)24(28)17-22-11-9-8-10-20(22)4/h8-15,23H,5-7,16-18H2,1-4H3,(H,26,29)/t23-/m1/s1. The Morgan fingerprint density at radius 1 is 1.00 bits per heavy atom. The van der Waals surface area contributed by atoms with Gasteiger partial charge in [0.05, 0.1) is 6.42 Å². The molecule has 4 nitrogen and oxygen atoms in total. The molecule has 0 saturated carbocycles. The highest BCUT2D eigenvalue weighted by atomic mass is 16.2. The molecule has 2 aromatic rings. The number of carbonyl (C=O) groups is 2. The van der Waals surface area contributed by atoms with Crippen LogP contribution in [0.25, 0.3) is 0 Å². The molecule has 0 aliphatic rings. The molecule has 2 rings (SSSR count). The van der Waals surface area contributed by atoms with Crippen LogP contribution in [0.15, 0.2) is 48.5 Å². The van der Waals surface area contributed by atoms with Crippen molar-refractivity contribution in [1.29, 1.82) is 0 Å². The van der Waals surface area contributed by atoms with Crippen molar-refractivity contribution in [3.05, 3.63) is 70.8 Å². The van der Waals surface area contributed by atoms with Crippen LogP contribution < -0.4 is 5.32 Å². The molecule has 0 aromatic heterocycles. The summed E-state index contributed by atoms with van der Waals surface area (Å²) in [5.74, 6) is -0.0800. The number of rotatable bonds is 10. The predicted octanol–water partition coefficient (Wildman–Crippen LogP) is 4.57. The molecule has 156 valence electrons. The van der Waals surface area contributed by atoms with Gasteiger partial charge in [-0.2, -0.15) is 0 Å². The van der Waals surface area contributed by atoms with Gasteiger partial charge < -0.3 is 10.2 Å². The lowest BCUT2D eigenvalue weighted by Gasteiger charge is -2.31. The first-order chi connectivity index (χ1) is 14.0. The summed E-state index contributed by atoms with van der Waals surface area (Å²) in [5, 5.41) is 3.01. The molecule has 0 heterocycles. The van der Waals surface area contributed by atoms with E-state index in [0.717, 1.165) is 29.5 Å². The third-order valence-corrected chi connectivity index (χ3v) is 5.29. The maximum absolute atomic E-state index is 13.3. The third kappa shape index (κ3) is 6.74. The molecule has 1 N–H and O–H groups in total. The smallest absolute Gasteiger partial charge is 0.242 e. The lowest BCUT2D eigenvalue weighted by molar-refractivity contribution is -0.140. The molecule has 0 radical (unpaired) electrons. The zero-order valence-corrected chi connectivity index (χ0v) is 18.2. The summed E-state index contributed by atoms with van der Waals surface area (Å²) < 4.78 is 0. The maximum atomic E-state index is 13.3. The molecule has 0 aliphatic heterocycles. The Bertz CT molecular complexity index is 799. The van der Waals surface area contributed by atoms with E-state index in [4.69, 9.17) is 0 Å². The summed E-state index contributed by atoms with van der Waals surface area (Å²) in [4.78, 5) is 27.9. The quantitative estimate of drug-likeness (QED) is 0.600. The molecule has 29 heavy (non-hydrogen) atoms. The highest BCUT2D eigenvalue weighted by Gasteiger charge is 2.28. The molecular weight excluding hydrogens is 360 g/mol. The number of benzene rings is 2. The van der Waals surface area contributed by atoms with E-state index in [1.807, 2.05) is 69.3 Å². The van der Waals surface area contributed by atoms with E-state index in [0.29, 0.717) is 25.9 Å². The number of hydrogen-bond donors (Lipinski definition) is 1. The van der Waals surface area contributed by atoms with Crippen molar-refractivity contribution in [3.63, 3.8) is 0 Å². The molecule has 0 unspecified atom stereocenters. The number of amides is 2. The topological polar surface area (TPSA) is 49.4 Å². The van der Waals surface area contributed by atoms with Gasteiger partial charge in [-0.1, -0.05) is 74.4 Å². The molecule has 0 fully saturated rings. The van der Waals surface area contributed by atoms with E-state index in [9.17, 15) is 9.59 Å². The van der Waals surface area contributed by atoms with Crippen LogP contribution in [0.2, 0.25) is 0 Å². The van der Waals surface area contributed by atoms with Gasteiger partial charge in [0.25, 0.3) is 0 Å². The van der Waals surface area contributed by atoms with Gasteiger partial charge in [0, 0.05) is 13.1 Å². The summed E-state index contributed by atoms with van der Waals surface area (Å²) in [6, 6.07) is 15.6. The summed E-state index contributed by atoms with van der Waals surface area (Å²) in [5.41, 5.74) is 4.31. The first-order valence-electron chi connectivity index (χ1n) is 10.6. The number of unbranched alkanes of at least 4 members (excludes halogenated alkanes) is 1. The van der Waals surface area contributed by atoms with E-state index in [2.05, 4.69) is 12.2 Å². The normalized spacial score (nSPS) is 11.7. The fraction of sp³-hybridized carbons (Fsp3) is 0.440. The minimum absolute atomic E-state index is 0.0163. The minimum Gasteiger partial charge on any atom is -0.354 e. The third-order valence-electron chi connectivity index (χ3n) is 5.29. The second-order valence-electron chi connectivity index (χ2n) is 7.68. The Labute approximate surface area is 175 Å². The van der Waals surface area contributed by atoms with Gasteiger partial charge in [-0.25, -0.2) is 0 Å². The van der Waals surface area contributed by atoms with Crippen molar-refractivity contribution in [2.45, 2.75) is 66.0 Å². The monoisotopic (exact) mass is 394 g/mol. The van der Waals surface area contributed by atoms with Gasteiger partial charge in [-0.3, -0.25) is 9.59 Å². The number of nitrogens with zero attached hydrogens (tertiary/aromatic N) is 1. The van der Waals surface area contributed by atoms with Gasteiger partial charge in [0.15, 0.2) is 0 Å². The lowest BCUT2D eigenvalue weighted by Crippen LogP contribution is -2.49. The van der Waals surface area contributed by atoms with Crippen molar-refractivity contribution < 1.29 is 9.59 Å². The molecule has 0 spiro atoms. The molecule has 0 saturated heterocycles. The van der Waals surface area contributed by atoms with Crippen LogP contribution in [0.1, 0.15) is 55.4 Å². The van der Waals surface area contributed by atoms with Crippen LogP contribution in [0.4, 0.5) is 0 Å². The second-order valence-corrected chi connectivity index (χ2v) is 7.68. The highest BCUT2D eigenvalue weighted by Crippen LogP contribution is 2.16. The Balaban J connectivity index is 2.25. The lowest BCUT2D eigenvalue weighted by atomic mass is 10.0. The molecule has 2 aromatic carbocycles. The summed E-state index contributed by atoms with van der Waals surface area (Å²) >= 11 is 0. The van der Waals surface area contributed by atoms with Gasteiger partial charge >= 0.3 is 0 Å². The van der Waals surface area contributed by atoms with Crippen LogP contribution in [-0.2, 0) is 22.6 Å². The van der Waals surface area contributed by atoms with Gasteiger partial charge in [0.1, 0.15) is 6.04 Å². The van der Waals surface area contributed by atoms with Crippen molar-refractivity contribution in [3.8, 4) is 0 Å². The SMILES string of the molecule is CCCCNC(=O)[C@@H](CC)N(Cc1ccc(C)cc1)C(=O)Cc1ccccc1C. The average molecular weight is 395 g/mol. The number of carbonyl (C=O) groups excluding carboxylic acids is 2. The Hall–Kier alpha value is -2.62. The molecule has 0 aliphatic carbocycles. The van der Waals surface area contributed by atoms with Gasteiger partial charge in [-0.05, 0) is 43.4 Å². The first kappa shape index (κ1) is 22.7. The minimum atomic E-state index is -0.468. The van der Waals surface area contributed by atoms with Crippen molar-refractivity contribution >= 4 is 11.8 Å². The average Bonchev–Trinajstić information content (AvgIpc) is 2.71. The highest BCUT2D eigenvalue weighted by molar-refractivity contribution is 5.88. The van der Waals surface area contributed by atoms with Gasteiger partial charge in [0.2, 0.25) is 11.8 Å². The van der Waals surface area contributed by atoms with E-state index in [1.54, 1.807) is 4.90 Å². The van der Waals surface area contributed by atoms with Crippen LogP contribution in [0, 0.1) is 13.8 Å². The van der Waals surface area contributed by atoms with Gasteiger partial charge in [-0.15, -0.1) is 0 Å².